The maximum absolute atomic E-state index is 11.4. The number of benzene rings is 1. The molecule has 1 aromatic carbocycles. The zero-order valence-electron chi connectivity index (χ0n) is 15.7. The van der Waals surface area contributed by atoms with Gasteiger partial charge in [0.1, 0.15) is 29.5 Å². The Morgan fingerprint density at radius 1 is 1.30 bits per heavy atom. The van der Waals surface area contributed by atoms with Gasteiger partial charge in [-0.05, 0) is 12.1 Å². The Bertz CT molecular complexity index is 973. The van der Waals surface area contributed by atoms with Crippen LogP contribution >= 0.6 is 0 Å². The molecule has 27 heavy (non-hydrogen) atoms. The molecule has 0 unspecified atom stereocenters. The molecule has 0 saturated carbocycles. The summed E-state index contributed by atoms with van der Waals surface area (Å²) in [6.07, 6.45) is 7.33. The zero-order valence-corrected chi connectivity index (χ0v) is 15.7. The van der Waals surface area contributed by atoms with Crippen molar-refractivity contribution in [3.63, 3.8) is 0 Å². The molecule has 0 fully saturated rings. The van der Waals surface area contributed by atoms with Crippen LogP contribution in [0.2, 0.25) is 0 Å². The first-order valence-electron chi connectivity index (χ1n) is 8.65. The minimum atomic E-state index is -0.874. The quantitative estimate of drug-likeness (QED) is 0.515. The van der Waals surface area contributed by atoms with E-state index in [1.165, 1.54) is 12.4 Å². The Kier molecular flexibility index (Phi) is 5.03. The summed E-state index contributed by atoms with van der Waals surface area (Å²) in [5, 5.41) is 9.04. The van der Waals surface area contributed by atoms with Crippen LogP contribution in [-0.2, 0) is 5.40 Å². The van der Waals surface area contributed by atoms with Gasteiger partial charge >= 0.3 is 0 Å². The molecule has 1 N–H and O–H groups in total. The third kappa shape index (κ3) is 3.58. The highest BCUT2D eigenvalue weighted by Crippen LogP contribution is 2.32. The van der Waals surface area contributed by atoms with E-state index in [0.29, 0.717) is 17.9 Å². The number of ether oxygens (including phenoxy) is 1. The first-order valence-corrected chi connectivity index (χ1v) is 8.65. The van der Waals surface area contributed by atoms with Gasteiger partial charge in [-0.1, -0.05) is 19.9 Å². The van der Waals surface area contributed by atoms with Crippen molar-refractivity contribution in [2.24, 2.45) is 0 Å². The van der Waals surface area contributed by atoms with Crippen LogP contribution in [0.4, 0.5) is 0 Å². The summed E-state index contributed by atoms with van der Waals surface area (Å²) in [5.41, 5.74) is 0.833. The van der Waals surface area contributed by atoms with Gasteiger partial charge in [0.15, 0.2) is 22.0 Å². The standard InChI is InChI=1S/C18H20B2N4O3/c1-11(2)16-22-6-7-24(16)17-13(8-21-10-23-17)18(19,20)27-15-5-3-4-14(26)12(15)9-25/h3-11,26H,19-20H2,1-2H3. The van der Waals surface area contributed by atoms with Crippen molar-refractivity contribution in [3.05, 3.63) is 60.1 Å². The minimum absolute atomic E-state index is 0.106. The van der Waals surface area contributed by atoms with Crippen molar-refractivity contribution in [2.45, 2.75) is 25.2 Å². The predicted octanol–water partition coefficient (Wildman–Crippen LogP) is 0.759. The lowest BCUT2D eigenvalue weighted by Crippen LogP contribution is -2.36. The van der Waals surface area contributed by atoms with E-state index in [4.69, 9.17) is 4.74 Å². The summed E-state index contributed by atoms with van der Waals surface area (Å²) in [6, 6.07) is 4.72. The SMILES string of the molecule is BC(B)(Oc1cccc(O)c1C=O)c1cncnc1-n1ccnc1C(C)C. The number of rotatable bonds is 6. The van der Waals surface area contributed by atoms with Gasteiger partial charge in [0.2, 0.25) is 0 Å². The molecule has 3 aromatic rings. The van der Waals surface area contributed by atoms with Gasteiger partial charge in [0.05, 0.1) is 11.0 Å². The largest absolute Gasteiger partial charge is 0.507 e. The molecule has 0 saturated heterocycles. The lowest BCUT2D eigenvalue weighted by atomic mass is 9.61. The van der Waals surface area contributed by atoms with Gasteiger partial charge in [-0.25, -0.2) is 15.0 Å². The van der Waals surface area contributed by atoms with Gasteiger partial charge in [-0.15, -0.1) is 0 Å². The van der Waals surface area contributed by atoms with E-state index in [1.807, 2.05) is 26.5 Å². The van der Waals surface area contributed by atoms with Crippen LogP contribution in [0.5, 0.6) is 11.5 Å². The number of hydrogen-bond acceptors (Lipinski definition) is 6. The van der Waals surface area contributed by atoms with Gasteiger partial charge in [-0.2, -0.15) is 0 Å². The van der Waals surface area contributed by atoms with Crippen LogP contribution in [0.3, 0.4) is 0 Å². The monoisotopic (exact) mass is 362 g/mol. The second-order valence-corrected chi connectivity index (χ2v) is 6.99. The molecule has 2 heterocycles. The Balaban J connectivity index is 2.08. The molecule has 0 spiro atoms. The van der Waals surface area contributed by atoms with E-state index in [0.717, 1.165) is 11.4 Å². The normalized spacial score (nSPS) is 11.5. The van der Waals surface area contributed by atoms with Crippen molar-refractivity contribution in [3.8, 4) is 17.3 Å². The molecule has 9 heteroatoms. The fraction of sp³-hybridized carbons (Fsp3) is 0.222. The molecular formula is C18H20B2N4O3. The van der Waals surface area contributed by atoms with Crippen LogP contribution in [0.15, 0.2) is 43.1 Å². The Morgan fingerprint density at radius 2 is 2.07 bits per heavy atom. The van der Waals surface area contributed by atoms with E-state index in [2.05, 4.69) is 28.8 Å². The van der Waals surface area contributed by atoms with Gasteiger partial charge in [0.25, 0.3) is 0 Å². The molecule has 0 amide bonds. The number of hydrogen-bond donors (Lipinski definition) is 1. The molecule has 7 nitrogen and oxygen atoms in total. The summed E-state index contributed by atoms with van der Waals surface area (Å²) in [6.45, 7) is 4.12. The summed E-state index contributed by atoms with van der Waals surface area (Å²) in [5.74, 6) is 1.90. The molecule has 136 valence electrons. The highest BCUT2D eigenvalue weighted by atomic mass is 16.5. The fourth-order valence-electron chi connectivity index (χ4n) is 2.93. The molecule has 0 aliphatic carbocycles. The number of phenols is 1. The number of carbonyl (C=O) groups is 1. The lowest BCUT2D eigenvalue weighted by Gasteiger charge is -2.30. The zero-order chi connectivity index (χ0) is 19.6. The molecule has 0 atom stereocenters. The Morgan fingerprint density at radius 3 is 2.78 bits per heavy atom. The Labute approximate surface area is 159 Å². The topological polar surface area (TPSA) is 90.1 Å². The van der Waals surface area contributed by atoms with E-state index in [-0.39, 0.29) is 17.2 Å². The fourth-order valence-corrected chi connectivity index (χ4v) is 2.93. The Hall–Kier alpha value is -3.09. The second kappa shape index (κ2) is 7.26. The van der Waals surface area contributed by atoms with Crippen molar-refractivity contribution in [1.82, 2.24) is 19.5 Å². The number of aldehydes is 1. The van der Waals surface area contributed by atoms with Crippen molar-refractivity contribution >= 4 is 22.0 Å². The molecule has 2 aromatic heterocycles. The van der Waals surface area contributed by atoms with Crippen molar-refractivity contribution in [2.75, 3.05) is 0 Å². The number of nitrogens with zero attached hydrogens (tertiary/aromatic N) is 4. The van der Waals surface area contributed by atoms with Crippen molar-refractivity contribution < 1.29 is 14.6 Å². The van der Waals surface area contributed by atoms with Crippen LogP contribution in [0, 0.1) is 0 Å². The third-order valence-electron chi connectivity index (χ3n) is 4.28. The third-order valence-corrected chi connectivity index (χ3v) is 4.28. The molecule has 0 aliphatic rings. The van der Waals surface area contributed by atoms with Crippen LogP contribution in [0.1, 0.15) is 41.5 Å². The molecule has 0 radical (unpaired) electrons. The summed E-state index contributed by atoms with van der Waals surface area (Å²) in [4.78, 5) is 24.4. The van der Waals surface area contributed by atoms with E-state index in [1.54, 1.807) is 24.5 Å². The van der Waals surface area contributed by atoms with Crippen LogP contribution in [-0.4, -0.2) is 46.6 Å². The van der Waals surface area contributed by atoms with Gasteiger partial charge < -0.3 is 9.84 Å². The highest BCUT2D eigenvalue weighted by molar-refractivity contribution is 6.39. The maximum Gasteiger partial charge on any atom is 0.157 e. The molecular weight excluding hydrogens is 342 g/mol. The number of imidazole rings is 1. The first kappa shape index (κ1) is 18.7. The maximum atomic E-state index is 11.4. The van der Waals surface area contributed by atoms with E-state index < -0.39 is 5.40 Å². The smallest absolute Gasteiger partial charge is 0.157 e. The average molecular weight is 362 g/mol. The highest BCUT2D eigenvalue weighted by Gasteiger charge is 2.29. The lowest BCUT2D eigenvalue weighted by molar-refractivity contribution is 0.111. The first-order chi connectivity index (χ1) is 12.8. The molecule has 0 bridgehead atoms. The van der Waals surface area contributed by atoms with Gasteiger partial charge in [-0.3, -0.25) is 9.36 Å². The second-order valence-electron chi connectivity index (χ2n) is 6.99. The van der Waals surface area contributed by atoms with Crippen LogP contribution in [0.25, 0.3) is 5.82 Å². The summed E-state index contributed by atoms with van der Waals surface area (Å²) < 4.78 is 8.04. The summed E-state index contributed by atoms with van der Waals surface area (Å²) in [7, 11) is 3.72. The molecule has 0 aliphatic heterocycles. The van der Waals surface area contributed by atoms with Crippen LogP contribution < -0.4 is 4.74 Å². The van der Waals surface area contributed by atoms with Gasteiger partial charge in [0, 0.05) is 30.1 Å². The average Bonchev–Trinajstić information content (AvgIpc) is 3.11. The summed E-state index contributed by atoms with van der Waals surface area (Å²) >= 11 is 0. The number of carbonyl (C=O) groups excluding carboxylic acids is 1. The van der Waals surface area contributed by atoms with E-state index in [9.17, 15) is 9.90 Å². The van der Waals surface area contributed by atoms with Crippen molar-refractivity contribution in [1.29, 1.82) is 0 Å². The number of aromatic hydroxyl groups is 1. The number of phenolic OH excluding ortho intramolecular Hbond substituents is 1. The molecule has 3 rings (SSSR count). The minimum Gasteiger partial charge on any atom is -0.507 e. The van der Waals surface area contributed by atoms with E-state index >= 15 is 0 Å². The predicted molar refractivity (Wildman–Crippen MR) is 106 cm³/mol. The number of aromatic nitrogens is 4.